The summed E-state index contributed by atoms with van der Waals surface area (Å²) >= 11 is 0. The van der Waals surface area contributed by atoms with Crippen LogP contribution in [-0.4, -0.2) is 128 Å². The Morgan fingerprint density at radius 1 is 0.984 bits per heavy atom. The van der Waals surface area contributed by atoms with Crippen LogP contribution in [0, 0.1) is 0 Å². The smallest absolute Gasteiger partial charge is 0.267 e. The monoisotopic (exact) mass is 886 g/mol. The lowest BCUT2D eigenvalue weighted by molar-refractivity contribution is -0.249. The third-order valence-corrected chi connectivity index (χ3v) is 12.5. The van der Waals surface area contributed by atoms with E-state index in [0.717, 1.165) is 0 Å². The molecule has 2 saturated heterocycles. The van der Waals surface area contributed by atoms with Crippen molar-refractivity contribution >= 4 is 46.0 Å². The second-order valence-electron chi connectivity index (χ2n) is 16.5. The number of ketones is 3. The number of aliphatic hydroxyl groups is 2. The van der Waals surface area contributed by atoms with Gasteiger partial charge in [-0.05, 0) is 25.1 Å². The first-order valence-electron chi connectivity index (χ1n) is 20.6. The molecule has 0 saturated carbocycles. The fraction of sp³-hybridized carbons (Fsp3) is 0.400. The van der Waals surface area contributed by atoms with E-state index in [1.54, 1.807) is 24.3 Å². The van der Waals surface area contributed by atoms with Crippen LogP contribution in [0.25, 0.3) is 10.9 Å². The van der Waals surface area contributed by atoms with Crippen molar-refractivity contribution in [1.82, 2.24) is 20.5 Å². The number of phenolic OH excluding ortho intramolecular Hbond substituents is 2. The van der Waals surface area contributed by atoms with Gasteiger partial charge in [-0.15, -0.1) is 0 Å². The summed E-state index contributed by atoms with van der Waals surface area (Å²) in [6, 6.07) is 9.50. The van der Waals surface area contributed by atoms with Crippen molar-refractivity contribution in [1.29, 1.82) is 0 Å². The number of hydrogen-bond acceptors (Lipinski definition) is 14. The molecule has 0 radical (unpaired) electrons. The van der Waals surface area contributed by atoms with Crippen molar-refractivity contribution in [3.63, 3.8) is 0 Å². The van der Waals surface area contributed by atoms with E-state index in [9.17, 15) is 58.0 Å². The Morgan fingerprint density at radius 2 is 1.72 bits per heavy atom. The zero-order chi connectivity index (χ0) is 46.0. The molecule has 19 heteroatoms. The number of likely N-dealkylation sites (tertiary alicyclic amines) is 1. The fourth-order valence-electron chi connectivity index (χ4n) is 9.28. The topological polar surface area (TPSA) is 251 Å². The highest BCUT2D eigenvalue weighted by atomic mass is 19.3. The Morgan fingerprint density at radius 3 is 2.45 bits per heavy atom. The Labute approximate surface area is 363 Å². The Kier molecular flexibility index (Phi) is 11.5. The van der Waals surface area contributed by atoms with Gasteiger partial charge in [0, 0.05) is 60.4 Å². The molecule has 3 aromatic carbocycles. The third-order valence-electron chi connectivity index (χ3n) is 12.5. The second kappa shape index (κ2) is 16.6. The number of pyridine rings is 1. The molecular formula is C45H44F2N4O13. The maximum Gasteiger partial charge on any atom is 0.267 e. The van der Waals surface area contributed by atoms with Gasteiger partial charge in [0.15, 0.2) is 17.9 Å². The van der Waals surface area contributed by atoms with Crippen LogP contribution in [-0.2, 0) is 30.3 Å². The summed E-state index contributed by atoms with van der Waals surface area (Å²) < 4.78 is 47.4. The van der Waals surface area contributed by atoms with E-state index in [0.29, 0.717) is 15.8 Å². The summed E-state index contributed by atoms with van der Waals surface area (Å²) in [4.78, 5) is 86.3. The molecule has 4 unspecified atom stereocenters. The minimum absolute atomic E-state index is 0.0282. The number of hydrogen-bond donors (Lipinski definition) is 6. The number of Topliss-reactive ketones (excluding diaryl/α,β-unsaturated/α-hetero) is 1. The first kappa shape index (κ1) is 44.2. The van der Waals surface area contributed by atoms with Crippen LogP contribution in [0.4, 0.5) is 8.78 Å². The van der Waals surface area contributed by atoms with Crippen LogP contribution in [0.5, 0.6) is 17.2 Å². The lowest BCUT2D eigenvalue weighted by Crippen LogP contribution is -2.58. The number of benzene rings is 3. The van der Waals surface area contributed by atoms with Crippen LogP contribution in [0.15, 0.2) is 54.7 Å². The number of phenols is 2. The number of aromatic nitrogens is 1. The number of alkyl halides is 2. The number of ether oxygens (including phenoxy) is 3. The number of methoxy groups -OCH3 is 1. The molecule has 1 aromatic heterocycles. The molecule has 8 rings (SSSR count). The van der Waals surface area contributed by atoms with Crippen molar-refractivity contribution in [2.75, 3.05) is 20.2 Å². The molecule has 4 aliphatic rings. The molecule has 0 spiro atoms. The first-order valence-corrected chi connectivity index (χ1v) is 20.6. The number of fused-ring (bicyclic) bond motifs is 4. The van der Waals surface area contributed by atoms with Gasteiger partial charge in [-0.2, -0.15) is 0 Å². The number of halogens is 2. The van der Waals surface area contributed by atoms with E-state index in [1.165, 1.54) is 51.4 Å². The minimum atomic E-state index is -3.48. The largest absolute Gasteiger partial charge is 0.507 e. The molecule has 3 amide bonds. The van der Waals surface area contributed by atoms with Gasteiger partial charge >= 0.3 is 0 Å². The first-order chi connectivity index (χ1) is 30.4. The SMILES string of the molecule is CCC(=O)[C@]1(O)Cc2c(O)c3c(c(O)c2[C@@H](OC2CC(NC(=O)[C@@H]4CC(F)(F)CN4C(=O)CNC(=O)c4ccnc5ccccc45)C(O)C(C)O2)C1)C(=O)c1c(OC)cccc1C3=O. The molecule has 0 bridgehead atoms. The van der Waals surface area contributed by atoms with Crippen LogP contribution in [0.1, 0.15) is 99.0 Å². The third kappa shape index (κ3) is 7.61. The quantitative estimate of drug-likeness (QED) is 0.110. The molecule has 4 aromatic rings. The summed E-state index contributed by atoms with van der Waals surface area (Å²) in [6.45, 7) is 1.08. The molecule has 2 fully saturated rings. The van der Waals surface area contributed by atoms with Gasteiger partial charge in [-0.25, -0.2) is 8.78 Å². The average molecular weight is 887 g/mol. The number of nitrogens with zero attached hydrogens (tertiary/aromatic N) is 2. The van der Waals surface area contributed by atoms with Gasteiger partial charge in [0.25, 0.3) is 11.8 Å². The van der Waals surface area contributed by atoms with Crippen molar-refractivity contribution in [3.8, 4) is 17.2 Å². The maximum atomic E-state index is 14.9. The van der Waals surface area contributed by atoms with Crippen LogP contribution >= 0.6 is 0 Å². The van der Waals surface area contributed by atoms with Gasteiger partial charge in [-0.1, -0.05) is 37.3 Å². The van der Waals surface area contributed by atoms with Crippen molar-refractivity contribution in [2.45, 2.75) is 94.2 Å². The fourth-order valence-corrected chi connectivity index (χ4v) is 9.28. The molecule has 17 nitrogen and oxygen atoms in total. The molecule has 336 valence electrons. The summed E-state index contributed by atoms with van der Waals surface area (Å²) in [6.07, 6.45) is -6.80. The number of nitrogens with one attached hydrogen (secondary N) is 2. The number of amides is 3. The Balaban J connectivity index is 1.04. The molecule has 6 N–H and O–H groups in total. The minimum Gasteiger partial charge on any atom is -0.507 e. The normalized spacial score (nSPS) is 25.8. The average Bonchev–Trinajstić information content (AvgIpc) is 3.61. The van der Waals surface area contributed by atoms with Crippen LogP contribution in [0.2, 0.25) is 0 Å². The molecule has 2 aliphatic heterocycles. The highest BCUT2D eigenvalue weighted by molar-refractivity contribution is 6.31. The van der Waals surface area contributed by atoms with Crippen molar-refractivity contribution in [2.24, 2.45) is 0 Å². The predicted molar refractivity (Wildman–Crippen MR) is 218 cm³/mol. The molecule has 3 heterocycles. The Bertz CT molecular complexity index is 2640. The molecule has 2 aliphatic carbocycles. The van der Waals surface area contributed by atoms with E-state index in [-0.39, 0.29) is 46.4 Å². The van der Waals surface area contributed by atoms with E-state index in [4.69, 9.17) is 14.2 Å². The van der Waals surface area contributed by atoms with E-state index in [2.05, 4.69) is 15.6 Å². The summed E-state index contributed by atoms with van der Waals surface area (Å²) in [5, 5.41) is 52.0. The van der Waals surface area contributed by atoms with Gasteiger partial charge in [-0.3, -0.25) is 33.8 Å². The van der Waals surface area contributed by atoms with Gasteiger partial charge in [0.2, 0.25) is 17.6 Å². The predicted octanol–water partition coefficient (Wildman–Crippen LogP) is 2.79. The lowest BCUT2D eigenvalue weighted by Gasteiger charge is -2.43. The summed E-state index contributed by atoms with van der Waals surface area (Å²) in [5.41, 5.74) is -3.34. The molecule has 7 atom stereocenters. The Hall–Kier alpha value is -6.41. The number of rotatable bonds is 10. The van der Waals surface area contributed by atoms with E-state index >= 15 is 0 Å². The zero-order valence-electron chi connectivity index (χ0n) is 34.7. The highest BCUT2D eigenvalue weighted by Crippen LogP contribution is 2.53. The van der Waals surface area contributed by atoms with Crippen molar-refractivity contribution in [3.05, 3.63) is 93.7 Å². The number of aliphatic hydroxyl groups excluding tert-OH is 1. The maximum absolute atomic E-state index is 14.9. The van der Waals surface area contributed by atoms with Crippen molar-refractivity contribution < 1.29 is 72.2 Å². The summed E-state index contributed by atoms with van der Waals surface area (Å²) in [5.74, 6) is -10.0. The lowest BCUT2D eigenvalue weighted by atomic mass is 9.71. The van der Waals surface area contributed by atoms with Crippen LogP contribution in [0.3, 0.4) is 0 Å². The van der Waals surface area contributed by atoms with Gasteiger partial charge in [0.05, 0.1) is 66.2 Å². The summed E-state index contributed by atoms with van der Waals surface area (Å²) in [7, 11) is 1.29. The van der Waals surface area contributed by atoms with E-state index in [1.807, 2.05) is 0 Å². The highest BCUT2D eigenvalue weighted by Gasteiger charge is 2.52. The second-order valence-corrected chi connectivity index (χ2v) is 16.5. The standard InChI is InChI=1S/C45H44F2N4O13/c1-4-30(52)44(61)15-24-34(41(58)36-35(39(24)56)38(55)23-9-7-11-28(62-3)33(23)40(36)57)29(17-44)64-32-14-26(37(54)20(2)63-32)50-43(60)27-16-45(46,47)19-51(27)31(53)18-49-42(59)22-12-13-48-25-10-6-5-8-21(22)25/h5-13,20,26-27,29,32,37,54,56,58,61H,4,14-19H2,1-3H3,(H,49,59)(H,50,60)/t20?,26?,27-,29-,32?,37?,44-/m0/s1. The van der Waals surface area contributed by atoms with E-state index < -0.39 is 138 Å². The molecule has 64 heavy (non-hydrogen) atoms. The number of para-hydroxylation sites is 1. The molecular weight excluding hydrogens is 843 g/mol. The number of carbonyl (C=O) groups excluding carboxylic acids is 6. The zero-order valence-corrected chi connectivity index (χ0v) is 34.7. The van der Waals surface area contributed by atoms with Gasteiger partial charge in [0.1, 0.15) is 35.0 Å². The van der Waals surface area contributed by atoms with Gasteiger partial charge < -0.3 is 50.2 Å². The number of carbonyl (C=O) groups is 6. The number of aromatic hydroxyl groups is 2. The van der Waals surface area contributed by atoms with Crippen LogP contribution < -0.4 is 15.4 Å².